The first-order valence-corrected chi connectivity index (χ1v) is 13.1. The Balaban J connectivity index is 1.31. The number of hydrogen-bond acceptors (Lipinski definition) is 7. The number of aromatic nitrogens is 1. The molecule has 2 saturated heterocycles. The minimum absolute atomic E-state index is 0.0977. The average molecular weight is 528 g/mol. The number of halogens is 3. The van der Waals surface area contributed by atoms with Crippen molar-refractivity contribution < 1.29 is 31.5 Å². The molecular weight excluding hydrogens is 499 g/mol. The summed E-state index contributed by atoms with van der Waals surface area (Å²) in [6, 6.07) is 8.80. The summed E-state index contributed by atoms with van der Waals surface area (Å²) in [5.74, 6) is 0.0205. The number of rotatable bonds is 6. The first kappa shape index (κ1) is 26.2. The van der Waals surface area contributed by atoms with E-state index in [1.807, 2.05) is 0 Å². The molecule has 36 heavy (non-hydrogen) atoms. The van der Waals surface area contributed by atoms with Gasteiger partial charge in [0.25, 0.3) is 0 Å². The molecule has 1 amide bonds. The second-order valence-electron chi connectivity index (χ2n) is 8.77. The third-order valence-electron chi connectivity index (χ3n) is 6.50. The van der Waals surface area contributed by atoms with E-state index in [-0.39, 0.29) is 29.9 Å². The Morgan fingerprint density at radius 2 is 1.64 bits per heavy atom. The topological polar surface area (TPSA) is 106 Å². The highest BCUT2D eigenvalue weighted by Gasteiger charge is 2.32. The number of aliphatic hydroxyl groups is 1. The van der Waals surface area contributed by atoms with Crippen LogP contribution >= 0.6 is 0 Å². The second-order valence-corrected chi connectivity index (χ2v) is 10.7. The predicted octanol–water partition coefficient (Wildman–Crippen LogP) is 2.01. The molecule has 1 aromatic heterocycles. The molecule has 1 aromatic carbocycles. The molecule has 2 aromatic rings. The predicted molar refractivity (Wildman–Crippen MR) is 127 cm³/mol. The number of benzene rings is 1. The van der Waals surface area contributed by atoms with Crippen molar-refractivity contribution >= 4 is 27.4 Å². The molecule has 0 saturated carbocycles. The van der Waals surface area contributed by atoms with Gasteiger partial charge < -0.3 is 20.2 Å². The Morgan fingerprint density at radius 3 is 2.17 bits per heavy atom. The van der Waals surface area contributed by atoms with Crippen molar-refractivity contribution in [3.05, 3.63) is 48.2 Å². The van der Waals surface area contributed by atoms with Gasteiger partial charge >= 0.3 is 6.18 Å². The van der Waals surface area contributed by atoms with Crippen LogP contribution in [0.5, 0.6) is 0 Å². The molecule has 4 rings (SSSR count). The number of carbonyl (C=O) groups is 1. The van der Waals surface area contributed by atoms with Crippen molar-refractivity contribution in [1.82, 2.24) is 14.2 Å². The monoisotopic (exact) mass is 527 g/mol. The lowest BCUT2D eigenvalue weighted by Gasteiger charge is -2.36. The number of nitrogens with one attached hydrogen (secondary N) is 1. The van der Waals surface area contributed by atoms with Crippen molar-refractivity contribution in [2.75, 3.05) is 56.1 Å². The maximum atomic E-state index is 13.1. The molecular formula is C23H28F3N5O4S. The highest BCUT2D eigenvalue weighted by atomic mass is 32.2. The molecule has 0 aliphatic carbocycles. The lowest BCUT2D eigenvalue weighted by atomic mass is 10.1. The maximum Gasteiger partial charge on any atom is 0.417 e. The van der Waals surface area contributed by atoms with Crippen LogP contribution in [0.3, 0.4) is 0 Å². The summed E-state index contributed by atoms with van der Waals surface area (Å²) >= 11 is 0. The summed E-state index contributed by atoms with van der Waals surface area (Å²) in [7, 11) is -3.69. The molecule has 0 radical (unpaired) electrons. The molecule has 2 N–H and O–H groups in total. The summed E-state index contributed by atoms with van der Waals surface area (Å²) in [6.45, 7) is 2.21. The molecule has 3 heterocycles. The molecule has 2 aliphatic heterocycles. The zero-order chi connectivity index (χ0) is 25.9. The summed E-state index contributed by atoms with van der Waals surface area (Å²) in [5, 5.41) is 12.1. The fourth-order valence-electron chi connectivity index (χ4n) is 4.39. The Bertz CT molecular complexity index is 1140. The number of anilines is 2. The quantitative estimate of drug-likeness (QED) is 0.592. The van der Waals surface area contributed by atoms with E-state index in [2.05, 4.69) is 15.2 Å². The van der Waals surface area contributed by atoms with Crippen molar-refractivity contribution in [2.24, 2.45) is 0 Å². The molecule has 0 unspecified atom stereocenters. The van der Waals surface area contributed by atoms with Crippen molar-refractivity contribution in [1.29, 1.82) is 0 Å². The second kappa shape index (κ2) is 10.6. The van der Waals surface area contributed by atoms with Crippen LogP contribution in [0.25, 0.3) is 0 Å². The number of sulfonamides is 1. The summed E-state index contributed by atoms with van der Waals surface area (Å²) in [6.07, 6.45) is -2.67. The Morgan fingerprint density at radius 1 is 1.00 bits per heavy atom. The van der Waals surface area contributed by atoms with Crippen LogP contribution in [-0.2, 0) is 21.0 Å². The molecule has 13 heteroatoms. The van der Waals surface area contributed by atoms with Crippen LogP contribution < -0.4 is 10.2 Å². The molecule has 2 fully saturated rings. The van der Waals surface area contributed by atoms with Gasteiger partial charge in [0.2, 0.25) is 15.9 Å². The fraction of sp³-hybridized carbons (Fsp3) is 0.478. The van der Waals surface area contributed by atoms with Crippen LogP contribution in [-0.4, -0.2) is 85.5 Å². The van der Waals surface area contributed by atoms with Gasteiger partial charge in [0.15, 0.2) is 0 Å². The third kappa shape index (κ3) is 5.90. The zero-order valence-corrected chi connectivity index (χ0v) is 20.3. The Kier molecular flexibility index (Phi) is 7.71. The van der Waals surface area contributed by atoms with Crippen LogP contribution in [0.1, 0.15) is 18.4 Å². The number of piperidine rings is 1. The first-order valence-electron chi connectivity index (χ1n) is 11.6. The maximum absolute atomic E-state index is 13.1. The van der Waals surface area contributed by atoms with E-state index in [1.165, 1.54) is 10.4 Å². The van der Waals surface area contributed by atoms with E-state index in [4.69, 9.17) is 5.11 Å². The average Bonchev–Trinajstić information content (AvgIpc) is 2.88. The number of nitrogens with zero attached hydrogens (tertiary/aromatic N) is 4. The number of carbonyl (C=O) groups excluding carboxylic acids is 1. The minimum atomic E-state index is -4.45. The van der Waals surface area contributed by atoms with Gasteiger partial charge in [-0.3, -0.25) is 4.79 Å². The normalized spacial score (nSPS) is 18.3. The van der Waals surface area contributed by atoms with E-state index in [0.717, 1.165) is 18.0 Å². The van der Waals surface area contributed by atoms with Gasteiger partial charge in [-0.1, -0.05) is 0 Å². The number of alkyl halides is 3. The summed E-state index contributed by atoms with van der Waals surface area (Å²) in [4.78, 5) is 19.3. The van der Waals surface area contributed by atoms with E-state index in [1.54, 1.807) is 29.2 Å². The van der Waals surface area contributed by atoms with E-state index >= 15 is 0 Å². The van der Waals surface area contributed by atoms with Gasteiger partial charge in [0.05, 0.1) is 10.5 Å². The molecule has 0 atom stereocenters. The van der Waals surface area contributed by atoms with Crippen molar-refractivity contribution in [2.45, 2.75) is 30.0 Å². The molecule has 9 nitrogen and oxygen atoms in total. The van der Waals surface area contributed by atoms with Gasteiger partial charge in [-0.2, -0.15) is 17.5 Å². The van der Waals surface area contributed by atoms with Gasteiger partial charge in [0.1, 0.15) is 12.4 Å². The number of hydrogen-bond donors (Lipinski definition) is 2. The van der Waals surface area contributed by atoms with Gasteiger partial charge in [-0.25, -0.2) is 13.4 Å². The number of aliphatic hydroxyl groups excluding tert-OH is 1. The highest BCUT2D eigenvalue weighted by molar-refractivity contribution is 7.89. The van der Waals surface area contributed by atoms with Crippen LogP contribution in [0.4, 0.5) is 24.7 Å². The van der Waals surface area contributed by atoms with Crippen molar-refractivity contribution in [3.63, 3.8) is 0 Å². The van der Waals surface area contributed by atoms with E-state index in [0.29, 0.717) is 44.8 Å². The molecule has 196 valence electrons. The fourth-order valence-corrected chi connectivity index (χ4v) is 5.86. The van der Waals surface area contributed by atoms with Gasteiger partial charge in [0, 0.05) is 57.2 Å². The van der Waals surface area contributed by atoms with E-state index < -0.39 is 28.4 Å². The van der Waals surface area contributed by atoms with Gasteiger partial charge in [-0.05, 0) is 49.2 Å². The lowest BCUT2D eigenvalue weighted by Crippen LogP contribution is -2.49. The SMILES string of the molecule is O=C(CO)N1CCN(c2ccc(S(=O)(=O)N3CCC(Nc4ccc(C(F)(F)F)cn4)CC3)cc2)CC1. The molecule has 2 aliphatic rings. The molecule has 0 spiro atoms. The van der Waals surface area contributed by atoms with Crippen molar-refractivity contribution in [3.8, 4) is 0 Å². The van der Waals surface area contributed by atoms with Crippen LogP contribution in [0, 0.1) is 0 Å². The summed E-state index contributed by atoms with van der Waals surface area (Å²) in [5.41, 5.74) is 0.0380. The number of pyridine rings is 1. The van der Waals surface area contributed by atoms with Crippen LogP contribution in [0.2, 0.25) is 0 Å². The number of piperazine rings is 1. The van der Waals surface area contributed by atoms with Crippen LogP contribution in [0.15, 0.2) is 47.5 Å². The summed E-state index contributed by atoms with van der Waals surface area (Å²) < 4.78 is 65.8. The van der Waals surface area contributed by atoms with E-state index in [9.17, 15) is 26.4 Å². The Hall–Kier alpha value is -2.90. The largest absolute Gasteiger partial charge is 0.417 e. The third-order valence-corrected chi connectivity index (χ3v) is 8.42. The number of amides is 1. The highest BCUT2D eigenvalue weighted by Crippen LogP contribution is 2.29. The zero-order valence-electron chi connectivity index (χ0n) is 19.5. The van der Waals surface area contributed by atoms with Gasteiger partial charge in [-0.15, -0.1) is 0 Å². The first-order chi connectivity index (χ1) is 17.1. The molecule has 0 bridgehead atoms. The lowest BCUT2D eigenvalue weighted by molar-refractivity contribution is -0.138. The minimum Gasteiger partial charge on any atom is -0.387 e. The standard InChI is InChI=1S/C23H28F3N5O4S/c24-23(25,26)17-1-6-21(27-15-17)28-18-7-9-31(10-8-18)36(34,35)20-4-2-19(3-5-20)29-11-13-30(14-12-29)22(33)16-32/h1-6,15,18,32H,7-14,16H2,(H,27,28). The Labute approximate surface area is 207 Å². The smallest absolute Gasteiger partial charge is 0.387 e.